The van der Waals surface area contributed by atoms with Gasteiger partial charge >= 0.3 is 0 Å². The van der Waals surface area contributed by atoms with Gasteiger partial charge in [0, 0.05) is 6.04 Å². The van der Waals surface area contributed by atoms with Gasteiger partial charge in [-0.05, 0) is 43.1 Å². The van der Waals surface area contributed by atoms with Crippen molar-refractivity contribution >= 4 is 0 Å². The highest BCUT2D eigenvalue weighted by atomic mass is 14.9. The first-order chi connectivity index (χ1) is 5.57. The van der Waals surface area contributed by atoms with Crippen molar-refractivity contribution in [3.63, 3.8) is 0 Å². The maximum Gasteiger partial charge on any atom is 0.00773 e. The third-order valence-corrected chi connectivity index (χ3v) is 3.54. The largest absolute Gasteiger partial charge is 0.314 e. The zero-order valence-corrected chi connectivity index (χ0v) is 8.56. The fourth-order valence-electron chi connectivity index (χ4n) is 2.42. The average molecular weight is 167 g/mol. The molecule has 70 valence electrons. The van der Waals surface area contributed by atoms with E-state index in [1.165, 1.54) is 25.8 Å². The standard InChI is InChI=1S/C11H21N/c1-8-4-9(8)7-12-10-5-11(2,3)6-10/h8-10,12H,4-7H2,1-3H3. The van der Waals surface area contributed by atoms with Crippen LogP contribution < -0.4 is 5.32 Å². The van der Waals surface area contributed by atoms with Gasteiger partial charge in [-0.2, -0.15) is 0 Å². The Morgan fingerprint density at radius 1 is 1.33 bits per heavy atom. The summed E-state index contributed by atoms with van der Waals surface area (Å²) in [6, 6.07) is 0.841. The molecule has 2 unspecified atom stereocenters. The summed E-state index contributed by atoms with van der Waals surface area (Å²) in [6.07, 6.45) is 4.23. The second-order valence-corrected chi connectivity index (χ2v) is 5.65. The van der Waals surface area contributed by atoms with E-state index < -0.39 is 0 Å². The maximum absolute atomic E-state index is 3.67. The third kappa shape index (κ3) is 1.82. The van der Waals surface area contributed by atoms with Gasteiger partial charge < -0.3 is 5.32 Å². The third-order valence-electron chi connectivity index (χ3n) is 3.54. The first kappa shape index (κ1) is 8.55. The minimum atomic E-state index is 0.632. The van der Waals surface area contributed by atoms with Crippen LogP contribution in [0.15, 0.2) is 0 Å². The van der Waals surface area contributed by atoms with E-state index in [4.69, 9.17) is 0 Å². The van der Waals surface area contributed by atoms with Crippen LogP contribution in [-0.2, 0) is 0 Å². The first-order valence-electron chi connectivity index (χ1n) is 5.30. The van der Waals surface area contributed by atoms with E-state index in [1.807, 2.05) is 0 Å². The molecule has 1 N–H and O–H groups in total. The van der Waals surface area contributed by atoms with Gasteiger partial charge in [0.25, 0.3) is 0 Å². The Kier molecular flexibility index (Phi) is 1.95. The molecule has 0 amide bonds. The van der Waals surface area contributed by atoms with Gasteiger partial charge in [0.1, 0.15) is 0 Å². The average Bonchev–Trinajstić information content (AvgIpc) is 2.57. The van der Waals surface area contributed by atoms with Gasteiger partial charge in [0.05, 0.1) is 0 Å². The second-order valence-electron chi connectivity index (χ2n) is 5.65. The van der Waals surface area contributed by atoms with Crippen LogP contribution in [0.3, 0.4) is 0 Å². The van der Waals surface area contributed by atoms with Crippen molar-refractivity contribution in [3.05, 3.63) is 0 Å². The van der Waals surface area contributed by atoms with Crippen molar-refractivity contribution in [3.8, 4) is 0 Å². The molecule has 0 aromatic heterocycles. The molecule has 0 bridgehead atoms. The molecule has 0 saturated heterocycles. The Bertz CT molecular complexity index is 166. The molecule has 0 aliphatic heterocycles. The van der Waals surface area contributed by atoms with Crippen LogP contribution in [-0.4, -0.2) is 12.6 Å². The molecule has 2 atom stereocenters. The molecule has 2 aliphatic carbocycles. The lowest BCUT2D eigenvalue weighted by Crippen LogP contribution is -2.46. The smallest absolute Gasteiger partial charge is 0.00773 e. The number of hydrogen-bond acceptors (Lipinski definition) is 1. The highest BCUT2D eigenvalue weighted by molar-refractivity contribution is 4.93. The topological polar surface area (TPSA) is 12.0 Å². The van der Waals surface area contributed by atoms with Crippen LogP contribution in [0, 0.1) is 17.3 Å². The first-order valence-corrected chi connectivity index (χ1v) is 5.30. The fourth-order valence-corrected chi connectivity index (χ4v) is 2.42. The van der Waals surface area contributed by atoms with Crippen molar-refractivity contribution in [2.75, 3.05) is 6.54 Å². The Morgan fingerprint density at radius 2 is 1.92 bits per heavy atom. The normalized spacial score (nSPS) is 39.2. The summed E-state index contributed by atoms with van der Waals surface area (Å²) in [5.41, 5.74) is 0.632. The zero-order chi connectivity index (χ0) is 8.77. The summed E-state index contributed by atoms with van der Waals surface area (Å²) in [6.45, 7) is 8.37. The van der Waals surface area contributed by atoms with Crippen LogP contribution in [0.2, 0.25) is 0 Å². The molecule has 2 rings (SSSR count). The molecule has 2 aliphatic rings. The quantitative estimate of drug-likeness (QED) is 0.680. The van der Waals surface area contributed by atoms with Crippen molar-refractivity contribution in [2.45, 2.75) is 46.1 Å². The van der Waals surface area contributed by atoms with Crippen molar-refractivity contribution in [1.82, 2.24) is 5.32 Å². The van der Waals surface area contributed by atoms with E-state index >= 15 is 0 Å². The number of nitrogens with one attached hydrogen (secondary N) is 1. The number of hydrogen-bond donors (Lipinski definition) is 1. The molecule has 2 saturated carbocycles. The predicted octanol–water partition coefficient (Wildman–Crippen LogP) is 2.42. The lowest BCUT2D eigenvalue weighted by Gasteiger charge is -2.43. The molecule has 0 spiro atoms. The van der Waals surface area contributed by atoms with E-state index in [-0.39, 0.29) is 0 Å². The van der Waals surface area contributed by atoms with Gasteiger partial charge in [-0.25, -0.2) is 0 Å². The van der Waals surface area contributed by atoms with Crippen LogP contribution in [0.5, 0.6) is 0 Å². The van der Waals surface area contributed by atoms with E-state index in [9.17, 15) is 0 Å². The summed E-state index contributed by atoms with van der Waals surface area (Å²) in [5.74, 6) is 2.01. The van der Waals surface area contributed by atoms with Crippen LogP contribution in [0.1, 0.15) is 40.0 Å². The summed E-state index contributed by atoms with van der Waals surface area (Å²) < 4.78 is 0. The SMILES string of the molecule is CC1CC1CNC1CC(C)(C)C1. The predicted molar refractivity (Wildman–Crippen MR) is 52.1 cm³/mol. The Labute approximate surface area is 75.9 Å². The molecule has 0 heterocycles. The van der Waals surface area contributed by atoms with Gasteiger partial charge in [-0.15, -0.1) is 0 Å². The van der Waals surface area contributed by atoms with E-state index in [1.54, 1.807) is 0 Å². The number of rotatable bonds is 3. The molecule has 0 aromatic carbocycles. The maximum atomic E-state index is 3.67. The molecule has 1 nitrogen and oxygen atoms in total. The van der Waals surface area contributed by atoms with Gasteiger partial charge in [0.15, 0.2) is 0 Å². The fraction of sp³-hybridized carbons (Fsp3) is 1.00. The Balaban J connectivity index is 1.58. The minimum Gasteiger partial charge on any atom is -0.314 e. The van der Waals surface area contributed by atoms with Crippen LogP contribution in [0.25, 0.3) is 0 Å². The molecule has 2 fully saturated rings. The highest BCUT2D eigenvalue weighted by Crippen LogP contribution is 2.41. The molecule has 12 heavy (non-hydrogen) atoms. The van der Waals surface area contributed by atoms with Crippen LogP contribution in [0.4, 0.5) is 0 Å². The van der Waals surface area contributed by atoms with Crippen LogP contribution >= 0.6 is 0 Å². The second kappa shape index (κ2) is 2.73. The summed E-state index contributed by atoms with van der Waals surface area (Å²) in [4.78, 5) is 0. The lowest BCUT2D eigenvalue weighted by molar-refractivity contribution is 0.125. The van der Waals surface area contributed by atoms with E-state index in [2.05, 4.69) is 26.1 Å². The summed E-state index contributed by atoms with van der Waals surface area (Å²) in [5, 5.41) is 3.67. The van der Waals surface area contributed by atoms with Crippen molar-refractivity contribution < 1.29 is 0 Å². The molecular weight excluding hydrogens is 146 g/mol. The highest BCUT2D eigenvalue weighted by Gasteiger charge is 2.38. The Hall–Kier alpha value is -0.0400. The monoisotopic (exact) mass is 167 g/mol. The molecular formula is C11H21N. The lowest BCUT2D eigenvalue weighted by atomic mass is 9.68. The van der Waals surface area contributed by atoms with Crippen molar-refractivity contribution in [2.24, 2.45) is 17.3 Å². The van der Waals surface area contributed by atoms with Crippen molar-refractivity contribution in [1.29, 1.82) is 0 Å². The molecule has 0 radical (unpaired) electrons. The van der Waals surface area contributed by atoms with Gasteiger partial charge in [-0.3, -0.25) is 0 Å². The zero-order valence-electron chi connectivity index (χ0n) is 8.56. The molecule has 0 aromatic rings. The van der Waals surface area contributed by atoms with Gasteiger partial charge in [-0.1, -0.05) is 20.8 Å². The summed E-state index contributed by atoms with van der Waals surface area (Å²) >= 11 is 0. The van der Waals surface area contributed by atoms with E-state index in [0.29, 0.717) is 5.41 Å². The Morgan fingerprint density at radius 3 is 2.33 bits per heavy atom. The summed E-state index contributed by atoms with van der Waals surface area (Å²) in [7, 11) is 0. The molecule has 1 heteroatoms. The van der Waals surface area contributed by atoms with Gasteiger partial charge in [0.2, 0.25) is 0 Å². The minimum absolute atomic E-state index is 0.632. The van der Waals surface area contributed by atoms with E-state index in [0.717, 1.165) is 17.9 Å².